The van der Waals surface area contributed by atoms with Crippen LogP contribution in [-0.2, 0) is 0 Å². The van der Waals surface area contributed by atoms with Gasteiger partial charge < -0.3 is 9.15 Å². The molecule has 0 unspecified atom stereocenters. The molecule has 0 aliphatic carbocycles. The van der Waals surface area contributed by atoms with Crippen LogP contribution in [0.5, 0.6) is 5.88 Å². The zero-order valence-electron chi connectivity index (χ0n) is 9.85. The number of nitrogens with one attached hydrogen (secondary N) is 1. The van der Waals surface area contributed by atoms with Crippen molar-refractivity contribution in [2.75, 3.05) is 11.9 Å². The predicted molar refractivity (Wildman–Crippen MR) is 60.2 cm³/mol. The Morgan fingerprint density at radius 3 is 2.80 bits per heavy atom. The van der Waals surface area contributed by atoms with E-state index in [2.05, 4.69) is 20.0 Å². The first kappa shape index (κ1) is 13.8. The molecule has 1 N–H and O–H groups in total. The Labute approximate surface area is 110 Å². The molecule has 0 bridgehead atoms. The molecule has 0 aliphatic heterocycles. The second kappa shape index (κ2) is 5.59. The van der Waals surface area contributed by atoms with Crippen LogP contribution in [0.4, 0.5) is 19.2 Å². The number of oxazole rings is 1. The molecule has 9 heteroatoms. The van der Waals surface area contributed by atoms with Gasteiger partial charge in [-0.1, -0.05) is 0 Å². The van der Waals surface area contributed by atoms with Crippen molar-refractivity contribution >= 4 is 11.9 Å². The van der Waals surface area contributed by atoms with Crippen molar-refractivity contribution in [3.63, 3.8) is 0 Å². The number of alkyl halides is 3. The van der Waals surface area contributed by atoms with E-state index in [1.807, 2.05) is 0 Å². The lowest BCUT2D eigenvalue weighted by atomic mass is 10.2. The van der Waals surface area contributed by atoms with E-state index in [9.17, 15) is 18.0 Å². The van der Waals surface area contributed by atoms with Crippen molar-refractivity contribution in [1.82, 2.24) is 9.97 Å². The SMILES string of the molecule is O=C(Nc1ncco1)c1ccnc(OCC(F)(F)F)c1. The third kappa shape index (κ3) is 3.97. The molecule has 2 aromatic heterocycles. The number of anilines is 1. The second-order valence-electron chi connectivity index (χ2n) is 3.58. The molecule has 2 aromatic rings. The van der Waals surface area contributed by atoms with E-state index in [-0.39, 0.29) is 17.5 Å². The van der Waals surface area contributed by atoms with Crippen LogP contribution in [0.25, 0.3) is 0 Å². The van der Waals surface area contributed by atoms with Crippen molar-refractivity contribution in [2.24, 2.45) is 0 Å². The molecule has 0 saturated heterocycles. The maximum atomic E-state index is 12.0. The number of carbonyl (C=O) groups excluding carboxylic acids is 1. The Hall–Kier alpha value is -2.58. The summed E-state index contributed by atoms with van der Waals surface area (Å²) in [5.41, 5.74) is 0.0652. The first-order valence-electron chi connectivity index (χ1n) is 5.30. The van der Waals surface area contributed by atoms with Gasteiger partial charge in [-0.25, -0.2) is 9.97 Å². The molecule has 0 aliphatic rings. The zero-order valence-corrected chi connectivity index (χ0v) is 9.85. The molecule has 0 saturated carbocycles. The van der Waals surface area contributed by atoms with E-state index in [0.29, 0.717) is 0 Å². The van der Waals surface area contributed by atoms with Gasteiger partial charge in [-0.15, -0.1) is 0 Å². The summed E-state index contributed by atoms with van der Waals surface area (Å²) in [6.07, 6.45) is -0.714. The summed E-state index contributed by atoms with van der Waals surface area (Å²) in [4.78, 5) is 19.0. The van der Waals surface area contributed by atoms with Crippen LogP contribution in [0.1, 0.15) is 10.4 Å². The van der Waals surface area contributed by atoms with Crippen LogP contribution in [-0.4, -0.2) is 28.7 Å². The van der Waals surface area contributed by atoms with Gasteiger partial charge in [0.15, 0.2) is 6.61 Å². The Morgan fingerprint density at radius 1 is 1.35 bits per heavy atom. The molecular weight excluding hydrogens is 279 g/mol. The normalized spacial score (nSPS) is 11.2. The van der Waals surface area contributed by atoms with Crippen molar-refractivity contribution in [3.05, 3.63) is 36.4 Å². The van der Waals surface area contributed by atoms with Crippen LogP contribution in [0.15, 0.2) is 35.2 Å². The Morgan fingerprint density at radius 2 is 2.15 bits per heavy atom. The second-order valence-corrected chi connectivity index (χ2v) is 3.58. The van der Waals surface area contributed by atoms with Gasteiger partial charge in [0.2, 0.25) is 5.88 Å². The standard InChI is InChI=1S/C11H8F3N3O3/c12-11(13,14)6-20-8-5-7(1-2-15-8)9(18)17-10-16-3-4-19-10/h1-5H,6H2,(H,16,17,18). The minimum absolute atomic E-state index is 0.0235. The number of aromatic nitrogens is 2. The minimum atomic E-state index is -4.47. The Bertz CT molecular complexity index is 584. The van der Waals surface area contributed by atoms with E-state index >= 15 is 0 Å². The fourth-order valence-corrected chi connectivity index (χ4v) is 1.24. The topological polar surface area (TPSA) is 77.3 Å². The highest BCUT2D eigenvalue weighted by molar-refractivity contribution is 6.03. The van der Waals surface area contributed by atoms with Crippen LogP contribution in [0.2, 0.25) is 0 Å². The number of rotatable bonds is 4. The van der Waals surface area contributed by atoms with Crippen LogP contribution >= 0.6 is 0 Å². The highest BCUT2D eigenvalue weighted by Gasteiger charge is 2.28. The summed E-state index contributed by atoms with van der Waals surface area (Å²) < 4.78 is 45.2. The van der Waals surface area contributed by atoms with Gasteiger partial charge in [0.25, 0.3) is 5.91 Å². The summed E-state index contributed by atoms with van der Waals surface area (Å²) in [6, 6.07) is 2.38. The summed E-state index contributed by atoms with van der Waals surface area (Å²) in [6.45, 7) is -1.48. The highest BCUT2D eigenvalue weighted by atomic mass is 19.4. The lowest BCUT2D eigenvalue weighted by Gasteiger charge is -2.08. The lowest BCUT2D eigenvalue weighted by Crippen LogP contribution is -2.20. The van der Waals surface area contributed by atoms with Crippen LogP contribution < -0.4 is 10.1 Å². The molecular formula is C11H8F3N3O3. The smallest absolute Gasteiger partial charge is 0.422 e. The summed E-state index contributed by atoms with van der Waals surface area (Å²) in [7, 11) is 0. The summed E-state index contributed by atoms with van der Waals surface area (Å²) >= 11 is 0. The van der Waals surface area contributed by atoms with Gasteiger partial charge in [-0.2, -0.15) is 13.2 Å². The summed E-state index contributed by atoms with van der Waals surface area (Å²) in [5.74, 6) is -0.908. The van der Waals surface area contributed by atoms with Crippen molar-refractivity contribution in [2.45, 2.75) is 6.18 Å². The minimum Gasteiger partial charge on any atom is -0.468 e. The van der Waals surface area contributed by atoms with Gasteiger partial charge in [-0.05, 0) is 6.07 Å². The fraction of sp³-hybridized carbons (Fsp3) is 0.182. The quantitative estimate of drug-likeness (QED) is 0.933. The zero-order chi connectivity index (χ0) is 14.6. The molecule has 0 radical (unpaired) electrons. The largest absolute Gasteiger partial charge is 0.468 e. The maximum Gasteiger partial charge on any atom is 0.422 e. The monoisotopic (exact) mass is 287 g/mol. The molecule has 6 nitrogen and oxygen atoms in total. The van der Waals surface area contributed by atoms with E-state index in [1.54, 1.807) is 0 Å². The number of hydrogen-bond donors (Lipinski definition) is 1. The fourth-order valence-electron chi connectivity index (χ4n) is 1.24. The number of halogens is 3. The molecule has 2 heterocycles. The summed E-state index contributed by atoms with van der Waals surface area (Å²) in [5, 5.41) is 2.32. The molecule has 0 fully saturated rings. The van der Waals surface area contributed by atoms with Gasteiger partial charge in [0, 0.05) is 17.8 Å². The number of nitrogens with zero attached hydrogens (tertiary/aromatic N) is 2. The molecule has 20 heavy (non-hydrogen) atoms. The van der Waals surface area contributed by atoms with Gasteiger partial charge in [0.1, 0.15) is 6.26 Å². The lowest BCUT2D eigenvalue weighted by molar-refractivity contribution is -0.154. The molecule has 106 valence electrons. The molecule has 0 spiro atoms. The first-order chi connectivity index (χ1) is 9.44. The highest BCUT2D eigenvalue weighted by Crippen LogP contribution is 2.18. The first-order valence-corrected chi connectivity index (χ1v) is 5.30. The van der Waals surface area contributed by atoms with Gasteiger partial charge in [-0.3, -0.25) is 10.1 Å². The van der Waals surface area contributed by atoms with Gasteiger partial charge >= 0.3 is 12.2 Å². The van der Waals surface area contributed by atoms with E-state index in [0.717, 1.165) is 12.3 Å². The van der Waals surface area contributed by atoms with E-state index < -0.39 is 18.7 Å². The number of pyridine rings is 1. The Kier molecular flexibility index (Phi) is 3.87. The molecule has 2 rings (SSSR count). The average molecular weight is 287 g/mol. The van der Waals surface area contributed by atoms with E-state index in [4.69, 9.17) is 4.42 Å². The van der Waals surface area contributed by atoms with Crippen molar-refractivity contribution < 1.29 is 27.1 Å². The van der Waals surface area contributed by atoms with Crippen molar-refractivity contribution in [3.8, 4) is 5.88 Å². The molecule has 0 aromatic carbocycles. The predicted octanol–water partition coefficient (Wildman–Crippen LogP) is 2.26. The van der Waals surface area contributed by atoms with E-state index in [1.165, 1.54) is 18.5 Å². The number of ether oxygens (including phenoxy) is 1. The third-order valence-electron chi connectivity index (χ3n) is 2.03. The average Bonchev–Trinajstić information content (AvgIpc) is 2.89. The molecule has 1 amide bonds. The maximum absolute atomic E-state index is 12.0. The Balaban J connectivity index is 2.03. The third-order valence-corrected chi connectivity index (χ3v) is 2.03. The molecule has 0 atom stereocenters. The number of carbonyl (C=O) groups is 1. The number of hydrogen-bond acceptors (Lipinski definition) is 5. The van der Waals surface area contributed by atoms with Crippen LogP contribution in [0, 0.1) is 0 Å². The van der Waals surface area contributed by atoms with Crippen LogP contribution in [0.3, 0.4) is 0 Å². The number of amides is 1. The van der Waals surface area contributed by atoms with Crippen molar-refractivity contribution in [1.29, 1.82) is 0 Å². The van der Waals surface area contributed by atoms with Gasteiger partial charge in [0.05, 0.1) is 6.20 Å².